The Bertz CT molecular complexity index is 871. The number of aromatic nitrogens is 2. The summed E-state index contributed by atoms with van der Waals surface area (Å²) in [6.07, 6.45) is 48.5. The number of hydrogen-bond donors (Lipinski definition) is 1. The lowest BCUT2D eigenvalue weighted by molar-refractivity contribution is -0.704. The van der Waals surface area contributed by atoms with E-state index in [9.17, 15) is 0 Å². The molecule has 0 aliphatic rings. The van der Waals surface area contributed by atoms with Crippen LogP contribution in [0.15, 0.2) is 42.7 Å². The number of rotatable bonds is 34. The molecule has 0 saturated heterocycles. The van der Waals surface area contributed by atoms with Crippen molar-refractivity contribution in [2.45, 2.75) is 225 Å². The summed E-state index contributed by atoms with van der Waals surface area (Å²) >= 11 is 0. The van der Waals surface area contributed by atoms with Crippen LogP contribution in [0.4, 0.5) is 0 Å². The number of aryl methyl sites for hydroxylation is 2. The topological polar surface area (TPSA) is 19.7 Å². The first kappa shape index (κ1) is 40.6. The van der Waals surface area contributed by atoms with Gasteiger partial charge in [0.2, 0.25) is 0 Å². The third-order valence-electron chi connectivity index (χ3n) is 10.5. The number of nitrogens with zero attached hydrogens (tertiary/aromatic N) is 1. The van der Waals surface area contributed by atoms with Crippen molar-refractivity contribution in [2.24, 2.45) is 0 Å². The molecule has 0 radical (unpaired) electrons. The van der Waals surface area contributed by atoms with Crippen molar-refractivity contribution in [3.05, 3.63) is 54.1 Å². The second kappa shape index (κ2) is 30.7. The van der Waals surface area contributed by atoms with Gasteiger partial charge < -0.3 is 0 Å². The van der Waals surface area contributed by atoms with Crippen LogP contribution in [0.1, 0.15) is 224 Å². The van der Waals surface area contributed by atoms with Crippen molar-refractivity contribution >= 4 is 0 Å². The molecular weight excluding hydrogens is 556 g/mol. The van der Waals surface area contributed by atoms with E-state index in [1.165, 1.54) is 210 Å². The Labute approximate surface area is 288 Å². The second-order valence-corrected chi connectivity index (χ2v) is 14.7. The Hall–Kier alpha value is -1.57. The third-order valence-corrected chi connectivity index (χ3v) is 10.5. The third kappa shape index (κ3) is 22.1. The summed E-state index contributed by atoms with van der Waals surface area (Å²) in [4.78, 5) is 3.71. The van der Waals surface area contributed by atoms with Gasteiger partial charge in [-0.1, -0.05) is 218 Å². The quantitative estimate of drug-likeness (QED) is 0.0583. The zero-order valence-corrected chi connectivity index (χ0v) is 31.2. The molecule has 0 unspecified atom stereocenters. The molecule has 0 fully saturated rings. The van der Waals surface area contributed by atoms with E-state index in [1.54, 1.807) is 0 Å². The lowest BCUT2D eigenvalue weighted by Crippen LogP contribution is -2.37. The maximum Gasteiger partial charge on any atom is 0.257 e. The molecule has 264 valence electrons. The number of hydrogen-bond acceptors (Lipinski definition) is 0. The predicted octanol–water partition coefficient (Wildman–Crippen LogP) is 14.4. The van der Waals surface area contributed by atoms with Gasteiger partial charge in [0.15, 0.2) is 0 Å². The van der Waals surface area contributed by atoms with E-state index in [2.05, 4.69) is 66.1 Å². The summed E-state index contributed by atoms with van der Waals surface area (Å²) in [5, 5.41) is 0. The van der Waals surface area contributed by atoms with Crippen LogP contribution in [-0.4, -0.2) is 4.98 Å². The average molecular weight is 636 g/mol. The molecule has 46 heavy (non-hydrogen) atoms. The highest BCUT2D eigenvalue weighted by molar-refractivity contribution is 5.14. The van der Waals surface area contributed by atoms with E-state index in [0.717, 1.165) is 6.54 Å². The zero-order chi connectivity index (χ0) is 32.6. The standard InChI is InChI=1S/C44H78N2/c1-3-5-7-9-11-13-15-17-18-19-21-23-25-27-32-38-43(37-31-26-24-22-20-16-14-12-10-8-6-4-2)44-45-39-41-46(44)40-33-36-42-34-29-28-30-35-42/h28-30,34-35,39,41,43H,3-27,31-33,36-38,40H2,1-2H3/p+1/t43-/m0/s1. The Kier molecular flexibility index (Phi) is 27.1. The fourth-order valence-electron chi connectivity index (χ4n) is 7.43. The van der Waals surface area contributed by atoms with E-state index in [-0.39, 0.29) is 0 Å². The highest BCUT2D eigenvalue weighted by atomic mass is 15.1. The maximum atomic E-state index is 3.71. The van der Waals surface area contributed by atoms with Crippen LogP contribution in [0.5, 0.6) is 0 Å². The van der Waals surface area contributed by atoms with Gasteiger partial charge in [-0.25, -0.2) is 9.55 Å². The summed E-state index contributed by atoms with van der Waals surface area (Å²) in [5.74, 6) is 2.19. The smallest absolute Gasteiger partial charge is 0.247 e. The van der Waals surface area contributed by atoms with Gasteiger partial charge in [0.05, 0.1) is 12.5 Å². The molecule has 0 aliphatic heterocycles. The minimum atomic E-state index is 0.691. The summed E-state index contributed by atoms with van der Waals surface area (Å²) in [6.45, 7) is 5.75. The first-order chi connectivity index (χ1) is 22.8. The molecule has 1 N–H and O–H groups in total. The maximum absolute atomic E-state index is 3.71. The lowest BCUT2D eigenvalue weighted by Gasteiger charge is -2.14. The van der Waals surface area contributed by atoms with E-state index < -0.39 is 0 Å². The first-order valence-electron chi connectivity index (χ1n) is 21.0. The van der Waals surface area contributed by atoms with Crippen LogP contribution in [-0.2, 0) is 13.0 Å². The zero-order valence-electron chi connectivity index (χ0n) is 31.2. The van der Waals surface area contributed by atoms with Gasteiger partial charge in [-0.2, -0.15) is 0 Å². The van der Waals surface area contributed by atoms with Crippen molar-refractivity contribution in [1.29, 1.82) is 0 Å². The predicted molar refractivity (Wildman–Crippen MR) is 204 cm³/mol. The first-order valence-corrected chi connectivity index (χ1v) is 21.0. The van der Waals surface area contributed by atoms with Gasteiger partial charge in [0.25, 0.3) is 5.82 Å². The highest BCUT2D eigenvalue weighted by Gasteiger charge is 2.22. The van der Waals surface area contributed by atoms with Crippen LogP contribution >= 0.6 is 0 Å². The number of imidazole rings is 1. The van der Waals surface area contributed by atoms with Gasteiger partial charge in [0, 0.05) is 0 Å². The van der Waals surface area contributed by atoms with Crippen LogP contribution in [0.3, 0.4) is 0 Å². The van der Waals surface area contributed by atoms with Crippen molar-refractivity contribution < 1.29 is 4.57 Å². The molecule has 0 amide bonds. The fourth-order valence-corrected chi connectivity index (χ4v) is 7.43. The fraction of sp³-hybridized carbons (Fsp3) is 0.795. The minimum Gasteiger partial charge on any atom is -0.247 e. The molecule has 0 spiro atoms. The van der Waals surface area contributed by atoms with E-state index >= 15 is 0 Å². The average Bonchev–Trinajstić information content (AvgIpc) is 3.55. The molecule has 1 aromatic heterocycles. The number of aromatic amines is 1. The van der Waals surface area contributed by atoms with Crippen LogP contribution in [0.25, 0.3) is 0 Å². The number of unbranched alkanes of at least 4 members (excludes halogenated alkanes) is 25. The van der Waals surface area contributed by atoms with Crippen LogP contribution in [0.2, 0.25) is 0 Å². The molecule has 2 rings (SSSR count). The van der Waals surface area contributed by atoms with Crippen molar-refractivity contribution in [3.8, 4) is 0 Å². The largest absolute Gasteiger partial charge is 0.257 e. The number of H-pyrrole nitrogens is 1. The molecule has 2 aromatic rings. The molecule has 0 aliphatic carbocycles. The summed E-state index contributed by atoms with van der Waals surface area (Å²) in [6, 6.07) is 11.0. The Balaban J connectivity index is 1.63. The Morgan fingerprint density at radius 1 is 0.478 bits per heavy atom. The second-order valence-electron chi connectivity index (χ2n) is 14.7. The van der Waals surface area contributed by atoms with Gasteiger partial charge in [-0.15, -0.1) is 0 Å². The highest BCUT2D eigenvalue weighted by Crippen LogP contribution is 2.26. The van der Waals surface area contributed by atoms with E-state index in [1.807, 2.05) is 0 Å². The molecule has 0 bridgehead atoms. The summed E-state index contributed by atoms with van der Waals surface area (Å²) < 4.78 is 2.55. The Morgan fingerprint density at radius 2 is 0.870 bits per heavy atom. The van der Waals surface area contributed by atoms with E-state index in [0.29, 0.717) is 5.92 Å². The number of benzene rings is 1. The molecule has 1 atom stereocenters. The van der Waals surface area contributed by atoms with Crippen molar-refractivity contribution in [1.82, 2.24) is 4.98 Å². The van der Waals surface area contributed by atoms with Crippen molar-refractivity contribution in [2.75, 3.05) is 0 Å². The van der Waals surface area contributed by atoms with E-state index in [4.69, 9.17) is 0 Å². The molecule has 0 saturated carbocycles. The molecule has 2 heteroatoms. The van der Waals surface area contributed by atoms with Gasteiger partial charge >= 0.3 is 0 Å². The molecule has 2 nitrogen and oxygen atoms in total. The normalized spacial score (nSPS) is 12.2. The van der Waals surface area contributed by atoms with Crippen LogP contribution in [0, 0.1) is 0 Å². The summed E-state index contributed by atoms with van der Waals surface area (Å²) in [5.41, 5.74) is 1.46. The minimum absolute atomic E-state index is 0.691. The van der Waals surface area contributed by atoms with Crippen molar-refractivity contribution in [3.63, 3.8) is 0 Å². The molecule has 1 aromatic carbocycles. The number of nitrogens with one attached hydrogen (secondary N) is 1. The van der Waals surface area contributed by atoms with Gasteiger partial charge in [-0.3, -0.25) is 0 Å². The van der Waals surface area contributed by atoms with Gasteiger partial charge in [0.1, 0.15) is 12.4 Å². The SMILES string of the molecule is CCCCCCCCCCCCCCCCC[C@H](CCCCCCCCCCCCCC)c1[nH]cc[n+]1CCCc1ccccc1. The molecule has 1 heterocycles. The summed E-state index contributed by atoms with van der Waals surface area (Å²) in [7, 11) is 0. The lowest BCUT2D eigenvalue weighted by atomic mass is 9.93. The van der Waals surface area contributed by atoms with Crippen LogP contribution < -0.4 is 4.57 Å². The monoisotopic (exact) mass is 636 g/mol. The molecular formula is C44H79N2+. The van der Waals surface area contributed by atoms with Gasteiger partial charge in [-0.05, 0) is 31.2 Å². The Morgan fingerprint density at radius 3 is 1.28 bits per heavy atom.